The van der Waals surface area contributed by atoms with Crippen LogP contribution < -0.4 is 10.1 Å². The zero-order chi connectivity index (χ0) is 15.1. The fraction of sp³-hybridized carbons (Fsp3) is 0.214. The molecule has 0 fully saturated rings. The number of anilines is 1. The van der Waals surface area contributed by atoms with Gasteiger partial charge in [0.15, 0.2) is 5.16 Å². The number of nitrogens with zero attached hydrogens (tertiary/aromatic N) is 3. The van der Waals surface area contributed by atoms with Gasteiger partial charge < -0.3 is 14.6 Å². The molecular formula is C14H16N4O2S. The number of benzene rings is 1. The molecule has 0 aliphatic rings. The van der Waals surface area contributed by atoms with Gasteiger partial charge in [0.25, 0.3) is 0 Å². The van der Waals surface area contributed by atoms with Gasteiger partial charge >= 0.3 is 0 Å². The van der Waals surface area contributed by atoms with E-state index in [-0.39, 0.29) is 11.7 Å². The Morgan fingerprint density at radius 2 is 2.24 bits per heavy atom. The first-order valence-corrected chi connectivity index (χ1v) is 7.27. The summed E-state index contributed by atoms with van der Waals surface area (Å²) in [5, 5.41) is 11.3. The summed E-state index contributed by atoms with van der Waals surface area (Å²) in [6, 6.07) is 7.18. The lowest BCUT2D eigenvalue weighted by molar-refractivity contribution is -0.113. The number of allylic oxidation sites excluding steroid dienone is 1. The van der Waals surface area contributed by atoms with Crippen LogP contribution in [0.25, 0.3) is 0 Å². The predicted molar refractivity (Wildman–Crippen MR) is 82.6 cm³/mol. The lowest BCUT2D eigenvalue weighted by Crippen LogP contribution is -2.14. The Bertz CT molecular complexity index is 610. The van der Waals surface area contributed by atoms with Gasteiger partial charge in [-0.05, 0) is 24.3 Å². The molecule has 0 aliphatic carbocycles. The minimum Gasteiger partial charge on any atom is -0.497 e. The summed E-state index contributed by atoms with van der Waals surface area (Å²) in [7, 11) is 1.60. The first-order valence-electron chi connectivity index (χ1n) is 6.28. The topological polar surface area (TPSA) is 69.0 Å². The van der Waals surface area contributed by atoms with Gasteiger partial charge in [-0.3, -0.25) is 4.79 Å². The van der Waals surface area contributed by atoms with Crippen LogP contribution in [0.2, 0.25) is 0 Å². The van der Waals surface area contributed by atoms with Gasteiger partial charge in [-0.2, -0.15) is 0 Å². The van der Waals surface area contributed by atoms with E-state index in [1.165, 1.54) is 11.8 Å². The Morgan fingerprint density at radius 3 is 2.90 bits per heavy atom. The molecule has 7 heteroatoms. The molecule has 6 nitrogen and oxygen atoms in total. The van der Waals surface area contributed by atoms with Crippen LogP contribution in [0.5, 0.6) is 5.75 Å². The maximum atomic E-state index is 11.9. The highest BCUT2D eigenvalue weighted by atomic mass is 32.2. The Balaban J connectivity index is 1.86. The van der Waals surface area contributed by atoms with Crippen LogP contribution >= 0.6 is 11.8 Å². The molecule has 21 heavy (non-hydrogen) atoms. The van der Waals surface area contributed by atoms with Crippen molar-refractivity contribution >= 4 is 23.4 Å². The van der Waals surface area contributed by atoms with Gasteiger partial charge in [0, 0.05) is 12.2 Å². The summed E-state index contributed by atoms with van der Waals surface area (Å²) in [5.41, 5.74) is 0.731. The van der Waals surface area contributed by atoms with E-state index < -0.39 is 0 Å². The first kappa shape index (κ1) is 15.1. The van der Waals surface area contributed by atoms with Crippen molar-refractivity contribution in [1.29, 1.82) is 0 Å². The van der Waals surface area contributed by atoms with E-state index >= 15 is 0 Å². The molecule has 0 radical (unpaired) electrons. The fourth-order valence-corrected chi connectivity index (χ4v) is 2.35. The number of ether oxygens (including phenoxy) is 1. The maximum Gasteiger partial charge on any atom is 0.234 e. The van der Waals surface area contributed by atoms with Crippen molar-refractivity contribution < 1.29 is 9.53 Å². The van der Waals surface area contributed by atoms with Crippen molar-refractivity contribution in [2.45, 2.75) is 11.7 Å². The quantitative estimate of drug-likeness (QED) is 0.627. The molecule has 0 aliphatic heterocycles. The van der Waals surface area contributed by atoms with Gasteiger partial charge in [0.1, 0.15) is 12.1 Å². The number of hydrogen-bond donors (Lipinski definition) is 1. The van der Waals surface area contributed by atoms with E-state index in [0.29, 0.717) is 11.7 Å². The molecular weight excluding hydrogens is 288 g/mol. The standard InChI is InChI=1S/C14H16N4O2S/c1-3-8-18-10-15-17-14(18)21-9-13(19)16-11-4-6-12(20-2)7-5-11/h3-7,10H,1,8-9H2,2H3,(H,16,19). The Morgan fingerprint density at radius 1 is 1.48 bits per heavy atom. The van der Waals surface area contributed by atoms with Crippen LogP contribution in [0.3, 0.4) is 0 Å². The van der Waals surface area contributed by atoms with E-state index in [1.807, 2.05) is 4.57 Å². The van der Waals surface area contributed by atoms with E-state index in [0.717, 1.165) is 11.4 Å². The third-order valence-corrected chi connectivity index (χ3v) is 3.59. The second-order valence-electron chi connectivity index (χ2n) is 4.12. The molecule has 1 aromatic heterocycles. The van der Waals surface area contributed by atoms with Crippen molar-refractivity contribution in [3.05, 3.63) is 43.2 Å². The highest BCUT2D eigenvalue weighted by Crippen LogP contribution is 2.17. The lowest BCUT2D eigenvalue weighted by atomic mass is 10.3. The monoisotopic (exact) mass is 304 g/mol. The Kier molecular flexibility index (Phi) is 5.39. The molecule has 2 aromatic rings. The smallest absolute Gasteiger partial charge is 0.234 e. The number of amides is 1. The van der Waals surface area contributed by atoms with Crippen LogP contribution in [0, 0.1) is 0 Å². The third-order valence-electron chi connectivity index (χ3n) is 2.61. The summed E-state index contributed by atoms with van der Waals surface area (Å²) in [5.74, 6) is 0.917. The number of rotatable bonds is 7. The molecule has 1 aromatic carbocycles. The minimum atomic E-state index is -0.0988. The largest absolute Gasteiger partial charge is 0.497 e. The molecule has 2 rings (SSSR count). The third kappa shape index (κ3) is 4.35. The summed E-state index contributed by atoms with van der Waals surface area (Å²) >= 11 is 1.33. The van der Waals surface area contributed by atoms with Crippen molar-refractivity contribution in [2.75, 3.05) is 18.2 Å². The van der Waals surface area contributed by atoms with Crippen molar-refractivity contribution in [2.24, 2.45) is 0 Å². The molecule has 0 saturated carbocycles. The zero-order valence-corrected chi connectivity index (χ0v) is 12.5. The Labute approximate surface area is 127 Å². The maximum absolute atomic E-state index is 11.9. The van der Waals surface area contributed by atoms with Crippen molar-refractivity contribution in [1.82, 2.24) is 14.8 Å². The molecule has 0 saturated heterocycles. The van der Waals surface area contributed by atoms with Crippen LogP contribution in [0.4, 0.5) is 5.69 Å². The van der Waals surface area contributed by atoms with E-state index in [1.54, 1.807) is 43.8 Å². The van der Waals surface area contributed by atoms with Crippen LogP contribution in [0.15, 0.2) is 48.4 Å². The highest BCUT2D eigenvalue weighted by molar-refractivity contribution is 7.99. The molecule has 0 unspecified atom stereocenters. The van der Waals surface area contributed by atoms with Gasteiger partial charge in [-0.1, -0.05) is 17.8 Å². The number of thioether (sulfide) groups is 1. The summed E-state index contributed by atoms with van der Waals surface area (Å²) < 4.78 is 6.90. The van der Waals surface area contributed by atoms with Crippen LogP contribution in [0.1, 0.15) is 0 Å². The second-order valence-corrected chi connectivity index (χ2v) is 5.06. The number of nitrogens with one attached hydrogen (secondary N) is 1. The summed E-state index contributed by atoms with van der Waals surface area (Å²) in [6.45, 7) is 4.29. The van der Waals surface area contributed by atoms with Crippen molar-refractivity contribution in [3.63, 3.8) is 0 Å². The number of aromatic nitrogens is 3. The van der Waals surface area contributed by atoms with Gasteiger partial charge in [0.2, 0.25) is 5.91 Å². The number of methoxy groups -OCH3 is 1. The van der Waals surface area contributed by atoms with Crippen LogP contribution in [-0.2, 0) is 11.3 Å². The number of hydrogen-bond acceptors (Lipinski definition) is 5. The minimum absolute atomic E-state index is 0.0988. The molecule has 110 valence electrons. The molecule has 1 amide bonds. The second kappa shape index (κ2) is 7.49. The molecule has 0 atom stereocenters. The molecule has 0 spiro atoms. The van der Waals surface area contributed by atoms with E-state index in [2.05, 4.69) is 22.1 Å². The summed E-state index contributed by atoms with van der Waals surface area (Å²) in [6.07, 6.45) is 3.37. The average molecular weight is 304 g/mol. The normalized spacial score (nSPS) is 10.1. The van der Waals surface area contributed by atoms with Gasteiger partial charge in [0.05, 0.1) is 12.9 Å². The van der Waals surface area contributed by atoms with Crippen molar-refractivity contribution in [3.8, 4) is 5.75 Å². The lowest BCUT2D eigenvalue weighted by Gasteiger charge is -2.06. The predicted octanol–water partition coefficient (Wildman–Crippen LogP) is 2.20. The van der Waals surface area contributed by atoms with Crippen LogP contribution in [-0.4, -0.2) is 33.5 Å². The average Bonchev–Trinajstić information content (AvgIpc) is 2.94. The molecule has 1 heterocycles. The van der Waals surface area contributed by atoms with Gasteiger partial charge in [-0.25, -0.2) is 0 Å². The van der Waals surface area contributed by atoms with E-state index in [9.17, 15) is 4.79 Å². The first-order chi connectivity index (χ1) is 10.2. The fourth-order valence-electron chi connectivity index (χ4n) is 1.62. The van der Waals surface area contributed by atoms with E-state index in [4.69, 9.17) is 4.74 Å². The van der Waals surface area contributed by atoms with Gasteiger partial charge in [-0.15, -0.1) is 16.8 Å². The Hall–Kier alpha value is -2.28. The molecule has 0 bridgehead atoms. The zero-order valence-electron chi connectivity index (χ0n) is 11.7. The highest BCUT2D eigenvalue weighted by Gasteiger charge is 2.08. The summed E-state index contributed by atoms with van der Waals surface area (Å²) in [4.78, 5) is 11.9. The number of carbonyl (C=O) groups excluding carboxylic acids is 1. The SMILES string of the molecule is C=CCn1cnnc1SCC(=O)Nc1ccc(OC)cc1. The number of carbonyl (C=O) groups is 1. The molecule has 1 N–H and O–H groups in total.